The SMILES string of the molecule is Cc1cc(C(=O)N2CCC(C)CC2)ccc1NC(=O)[C@H]1C[C@H](O)CN1. The average molecular weight is 345 g/mol. The third-order valence-electron chi connectivity index (χ3n) is 5.23. The molecule has 2 fully saturated rings. The molecule has 6 nitrogen and oxygen atoms in total. The molecule has 136 valence electrons. The zero-order valence-electron chi connectivity index (χ0n) is 14.9. The number of aliphatic hydroxyl groups is 1. The van der Waals surface area contributed by atoms with Gasteiger partial charge in [0.1, 0.15) is 0 Å². The summed E-state index contributed by atoms with van der Waals surface area (Å²) in [5, 5.41) is 15.4. The Hall–Kier alpha value is -1.92. The van der Waals surface area contributed by atoms with E-state index < -0.39 is 6.10 Å². The Morgan fingerprint density at radius 1 is 1.28 bits per heavy atom. The first-order valence-corrected chi connectivity index (χ1v) is 9.06. The van der Waals surface area contributed by atoms with E-state index in [2.05, 4.69) is 17.6 Å². The summed E-state index contributed by atoms with van der Waals surface area (Å²) < 4.78 is 0. The monoisotopic (exact) mass is 345 g/mol. The number of carbonyl (C=O) groups is 2. The van der Waals surface area contributed by atoms with Crippen LogP contribution >= 0.6 is 0 Å². The highest BCUT2D eigenvalue weighted by Crippen LogP contribution is 2.22. The van der Waals surface area contributed by atoms with Gasteiger partial charge >= 0.3 is 0 Å². The Kier molecular flexibility index (Phi) is 5.39. The van der Waals surface area contributed by atoms with E-state index >= 15 is 0 Å². The first-order valence-electron chi connectivity index (χ1n) is 9.06. The van der Waals surface area contributed by atoms with Gasteiger partial charge in [-0.05, 0) is 55.9 Å². The highest BCUT2D eigenvalue weighted by molar-refractivity contribution is 5.98. The van der Waals surface area contributed by atoms with Gasteiger partial charge in [-0.15, -0.1) is 0 Å². The molecule has 1 aromatic carbocycles. The Balaban J connectivity index is 1.64. The van der Waals surface area contributed by atoms with Crippen molar-refractivity contribution in [1.29, 1.82) is 0 Å². The van der Waals surface area contributed by atoms with Gasteiger partial charge in [0.2, 0.25) is 5.91 Å². The normalized spacial score (nSPS) is 24.4. The number of benzene rings is 1. The minimum absolute atomic E-state index is 0.0634. The molecule has 0 radical (unpaired) electrons. The van der Waals surface area contributed by atoms with Crippen LogP contribution in [-0.4, -0.2) is 53.6 Å². The minimum Gasteiger partial charge on any atom is -0.392 e. The number of rotatable bonds is 3. The summed E-state index contributed by atoms with van der Waals surface area (Å²) >= 11 is 0. The van der Waals surface area contributed by atoms with E-state index in [-0.39, 0.29) is 17.9 Å². The maximum atomic E-state index is 12.6. The molecular weight excluding hydrogens is 318 g/mol. The van der Waals surface area contributed by atoms with E-state index in [1.54, 1.807) is 12.1 Å². The fraction of sp³-hybridized carbons (Fsp3) is 0.579. The molecular formula is C19H27N3O3. The molecule has 0 unspecified atom stereocenters. The van der Waals surface area contributed by atoms with Crippen molar-refractivity contribution in [3.63, 3.8) is 0 Å². The molecule has 1 aromatic rings. The summed E-state index contributed by atoms with van der Waals surface area (Å²) in [5.74, 6) is 0.600. The highest BCUT2D eigenvalue weighted by Gasteiger charge is 2.28. The van der Waals surface area contributed by atoms with Crippen molar-refractivity contribution in [2.24, 2.45) is 5.92 Å². The zero-order chi connectivity index (χ0) is 18.0. The Bertz CT molecular complexity index is 653. The van der Waals surface area contributed by atoms with E-state index in [0.29, 0.717) is 30.1 Å². The lowest BCUT2D eigenvalue weighted by molar-refractivity contribution is -0.117. The number of likely N-dealkylation sites (tertiary alicyclic amines) is 1. The lowest BCUT2D eigenvalue weighted by Gasteiger charge is -2.30. The molecule has 2 saturated heterocycles. The molecule has 3 rings (SSSR count). The summed E-state index contributed by atoms with van der Waals surface area (Å²) in [5.41, 5.74) is 2.24. The van der Waals surface area contributed by atoms with Gasteiger partial charge < -0.3 is 20.6 Å². The van der Waals surface area contributed by atoms with Gasteiger partial charge in [0.15, 0.2) is 0 Å². The molecule has 0 spiro atoms. The van der Waals surface area contributed by atoms with E-state index in [0.717, 1.165) is 31.5 Å². The van der Waals surface area contributed by atoms with Gasteiger partial charge in [0, 0.05) is 30.9 Å². The van der Waals surface area contributed by atoms with Crippen molar-refractivity contribution in [3.8, 4) is 0 Å². The van der Waals surface area contributed by atoms with Crippen molar-refractivity contribution in [2.45, 2.75) is 45.3 Å². The number of hydrogen-bond donors (Lipinski definition) is 3. The Morgan fingerprint density at radius 2 is 2.00 bits per heavy atom. The first-order chi connectivity index (χ1) is 11.9. The quantitative estimate of drug-likeness (QED) is 0.776. The number of aliphatic hydroxyl groups excluding tert-OH is 1. The van der Waals surface area contributed by atoms with Gasteiger partial charge in [0.05, 0.1) is 12.1 Å². The van der Waals surface area contributed by atoms with Crippen LogP contribution in [0.25, 0.3) is 0 Å². The van der Waals surface area contributed by atoms with E-state index in [1.807, 2.05) is 17.9 Å². The van der Waals surface area contributed by atoms with Crippen LogP contribution < -0.4 is 10.6 Å². The average Bonchev–Trinajstić information content (AvgIpc) is 3.03. The van der Waals surface area contributed by atoms with Crippen molar-refractivity contribution >= 4 is 17.5 Å². The fourth-order valence-corrected chi connectivity index (χ4v) is 3.47. The summed E-state index contributed by atoms with van der Waals surface area (Å²) in [6.45, 7) is 6.18. The van der Waals surface area contributed by atoms with Gasteiger partial charge in [-0.2, -0.15) is 0 Å². The topological polar surface area (TPSA) is 81.7 Å². The van der Waals surface area contributed by atoms with Crippen LogP contribution in [0.3, 0.4) is 0 Å². The first kappa shape index (κ1) is 17.9. The molecule has 25 heavy (non-hydrogen) atoms. The van der Waals surface area contributed by atoms with Crippen molar-refractivity contribution < 1.29 is 14.7 Å². The van der Waals surface area contributed by atoms with Crippen LogP contribution in [0.2, 0.25) is 0 Å². The third-order valence-corrected chi connectivity index (χ3v) is 5.23. The Morgan fingerprint density at radius 3 is 2.60 bits per heavy atom. The van der Waals surface area contributed by atoms with Gasteiger partial charge in [0.25, 0.3) is 5.91 Å². The smallest absolute Gasteiger partial charge is 0.253 e. The lowest BCUT2D eigenvalue weighted by Crippen LogP contribution is -2.38. The van der Waals surface area contributed by atoms with E-state index in [9.17, 15) is 14.7 Å². The largest absolute Gasteiger partial charge is 0.392 e. The molecule has 2 aliphatic heterocycles. The fourth-order valence-electron chi connectivity index (χ4n) is 3.47. The molecule has 2 atom stereocenters. The van der Waals surface area contributed by atoms with Gasteiger partial charge in [-0.25, -0.2) is 0 Å². The van der Waals surface area contributed by atoms with Gasteiger partial charge in [-0.1, -0.05) is 6.92 Å². The second kappa shape index (κ2) is 7.54. The van der Waals surface area contributed by atoms with Crippen molar-refractivity contribution in [1.82, 2.24) is 10.2 Å². The van der Waals surface area contributed by atoms with E-state index in [4.69, 9.17) is 0 Å². The third kappa shape index (κ3) is 4.19. The summed E-state index contributed by atoms with van der Waals surface area (Å²) in [6, 6.07) is 5.04. The molecule has 3 N–H and O–H groups in total. The Labute approximate surface area is 148 Å². The van der Waals surface area contributed by atoms with Crippen molar-refractivity contribution in [2.75, 3.05) is 25.0 Å². The van der Waals surface area contributed by atoms with Crippen LogP contribution in [-0.2, 0) is 4.79 Å². The number of anilines is 1. The number of β-amino-alcohol motifs (C(OH)–C–C–N with tert-alkyl or cyclic N) is 1. The lowest BCUT2D eigenvalue weighted by atomic mass is 9.98. The highest BCUT2D eigenvalue weighted by atomic mass is 16.3. The van der Waals surface area contributed by atoms with Crippen LogP contribution in [0.1, 0.15) is 42.1 Å². The minimum atomic E-state index is -0.468. The number of nitrogens with one attached hydrogen (secondary N) is 2. The molecule has 0 aromatic heterocycles. The maximum Gasteiger partial charge on any atom is 0.253 e. The predicted molar refractivity (Wildman–Crippen MR) is 96.5 cm³/mol. The second-order valence-corrected chi connectivity index (χ2v) is 7.34. The molecule has 0 aliphatic carbocycles. The van der Waals surface area contributed by atoms with Gasteiger partial charge in [-0.3, -0.25) is 9.59 Å². The van der Waals surface area contributed by atoms with Crippen LogP contribution in [0.15, 0.2) is 18.2 Å². The number of nitrogens with zero attached hydrogens (tertiary/aromatic N) is 1. The number of carbonyl (C=O) groups excluding carboxylic acids is 2. The van der Waals surface area contributed by atoms with Crippen molar-refractivity contribution in [3.05, 3.63) is 29.3 Å². The predicted octanol–water partition coefficient (Wildman–Crippen LogP) is 1.53. The summed E-state index contributed by atoms with van der Waals surface area (Å²) in [7, 11) is 0. The maximum absolute atomic E-state index is 12.6. The van der Waals surface area contributed by atoms with Crippen LogP contribution in [0.5, 0.6) is 0 Å². The molecule has 6 heteroatoms. The summed E-state index contributed by atoms with van der Waals surface area (Å²) in [4.78, 5) is 26.8. The molecule has 2 heterocycles. The number of amides is 2. The number of aryl methyl sites for hydroxylation is 1. The van der Waals surface area contributed by atoms with E-state index in [1.165, 1.54) is 0 Å². The number of piperidine rings is 1. The summed E-state index contributed by atoms with van der Waals surface area (Å²) in [6.07, 6.45) is 2.07. The zero-order valence-corrected chi connectivity index (χ0v) is 14.9. The van der Waals surface area contributed by atoms with Crippen LogP contribution in [0, 0.1) is 12.8 Å². The second-order valence-electron chi connectivity index (χ2n) is 7.34. The van der Waals surface area contributed by atoms with Crippen LogP contribution in [0.4, 0.5) is 5.69 Å². The standard InChI is InChI=1S/C19H27N3O3/c1-12-5-7-22(8-6-12)19(25)14-3-4-16(13(2)9-14)21-18(24)17-10-15(23)11-20-17/h3-4,9,12,15,17,20,23H,5-8,10-11H2,1-2H3,(H,21,24)/t15-,17+/m0/s1. The molecule has 0 saturated carbocycles. The number of hydrogen-bond acceptors (Lipinski definition) is 4. The molecule has 2 aliphatic rings. The molecule has 0 bridgehead atoms. The molecule has 2 amide bonds.